The smallest absolute Gasteiger partial charge is 0.300 e. The molecule has 3 rings (SSSR count). The van der Waals surface area contributed by atoms with E-state index in [4.69, 9.17) is 4.42 Å². The van der Waals surface area contributed by atoms with Gasteiger partial charge in [0.15, 0.2) is 5.76 Å². The number of pyridine rings is 1. The molecule has 0 fully saturated rings. The van der Waals surface area contributed by atoms with Crippen molar-refractivity contribution in [1.29, 1.82) is 0 Å². The van der Waals surface area contributed by atoms with E-state index in [0.29, 0.717) is 22.5 Å². The molecule has 2 N–H and O–H groups in total. The van der Waals surface area contributed by atoms with E-state index in [1.807, 2.05) is 0 Å². The van der Waals surface area contributed by atoms with Crippen molar-refractivity contribution in [1.82, 2.24) is 4.98 Å². The summed E-state index contributed by atoms with van der Waals surface area (Å²) in [7, 11) is 0. The van der Waals surface area contributed by atoms with Gasteiger partial charge < -0.3 is 14.8 Å². The summed E-state index contributed by atoms with van der Waals surface area (Å²) in [6, 6.07) is 9.93. The summed E-state index contributed by atoms with van der Waals surface area (Å²) in [6.07, 6.45) is 1.33. The predicted octanol–water partition coefficient (Wildman–Crippen LogP) is 2.45. The van der Waals surface area contributed by atoms with Gasteiger partial charge in [0.25, 0.3) is 11.7 Å². The van der Waals surface area contributed by atoms with Crippen molar-refractivity contribution in [3.63, 3.8) is 0 Å². The number of nitrogens with one attached hydrogen (secondary N) is 1. The number of para-hydroxylation sites is 1. The molecule has 0 aliphatic heterocycles. The normalized spacial score (nSPS) is 10.7. The maximum absolute atomic E-state index is 12.1. The number of hydrogen-bond donors (Lipinski definition) is 2. The Kier molecular flexibility index (Phi) is 3.91. The minimum atomic E-state index is -0.804. The third-order valence-corrected chi connectivity index (χ3v) is 3.42. The van der Waals surface area contributed by atoms with E-state index < -0.39 is 11.7 Å². The number of carbonyl (C=O) groups excluding carboxylic acids is 2. The molecule has 0 aliphatic rings. The lowest BCUT2D eigenvalue weighted by Crippen LogP contribution is -2.22. The Bertz CT molecular complexity index is 885. The van der Waals surface area contributed by atoms with Gasteiger partial charge in [-0.05, 0) is 36.8 Å². The zero-order valence-electron chi connectivity index (χ0n) is 12.4. The molecule has 2 heterocycles. The van der Waals surface area contributed by atoms with Crippen LogP contribution in [0.2, 0.25) is 0 Å². The Morgan fingerprint density at radius 3 is 2.78 bits per heavy atom. The number of anilines is 1. The number of hydrogen-bond acceptors (Lipinski definition) is 5. The number of aliphatic hydroxyl groups is 1. The molecule has 1 aromatic carbocycles. The standard InChI is InChI=1S/C17H14N2O4/c1-10-8-11(9-20)12-4-2-5-13(15(12)18-10)19-17(22)16(21)14-6-3-7-23-14/h2-8,20H,9H2,1H3,(H,19,22). The Morgan fingerprint density at radius 2 is 2.09 bits per heavy atom. The van der Waals surface area contributed by atoms with Crippen molar-refractivity contribution in [3.05, 3.63) is 59.7 Å². The van der Waals surface area contributed by atoms with E-state index in [-0.39, 0.29) is 12.4 Å². The van der Waals surface area contributed by atoms with Crippen LogP contribution in [0, 0.1) is 6.92 Å². The Labute approximate surface area is 131 Å². The van der Waals surface area contributed by atoms with Gasteiger partial charge in [0.1, 0.15) is 0 Å². The third-order valence-electron chi connectivity index (χ3n) is 3.42. The molecule has 0 saturated heterocycles. The lowest BCUT2D eigenvalue weighted by atomic mass is 10.1. The van der Waals surface area contributed by atoms with Gasteiger partial charge in [-0.1, -0.05) is 12.1 Å². The number of rotatable bonds is 4. The van der Waals surface area contributed by atoms with Crippen molar-refractivity contribution in [2.75, 3.05) is 5.32 Å². The number of fused-ring (bicyclic) bond motifs is 1. The second kappa shape index (κ2) is 6.02. The number of Topliss-reactive ketones (excluding diaryl/α,β-unsaturated/α-hetero) is 1. The fourth-order valence-electron chi connectivity index (χ4n) is 2.39. The van der Waals surface area contributed by atoms with Crippen LogP contribution in [0.3, 0.4) is 0 Å². The highest BCUT2D eigenvalue weighted by Gasteiger charge is 2.20. The second-order valence-corrected chi connectivity index (χ2v) is 5.04. The number of aliphatic hydroxyl groups excluding tert-OH is 1. The first kappa shape index (κ1) is 14.9. The first-order valence-electron chi connectivity index (χ1n) is 6.99. The van der Waals surface area contributed by atoms with Crippen molar-refractivity contribution < 1.29 is 19.1 Å². The van der Waals surface area contributed by atoms with E-state index >= 15 is 0 Å². The molecule has 3 aromatic rings. The predicted molar refractivity (Wildman–Crippen MR) is 84.1 cm³/mol. The molecule has 6 heteroatoms. The largest absolute Gasteiger partial charge is 0.461 e. The highest BCUT2D eigenvalue weighted by molar-refractivity contribution is 6.46. The average molecular weight is 310 g/mol. The van der Waals surface area contributed by atoms with Crippen LogP contribution in [0.5, 0.6) is 0 Å². The van der Waals surface area contributed by atoms with Crippen molar-refractivity contribution in [2.45, 2.75) is 13.5 Å². The summed E-state index contributed by atoms with van der Waals surface area (Å²) in [5, 5.41) is 12.7. The number of benzene rings is 1. The minimum absolute atomic E-state index is 0.0251. The van der Waals surface area contributed by atoms with Gasteiger partial charge in [0.2, 0.25) is 0 Å². The third kappa shape index (κ3) is 2.84. The quantitative estimate of drug-likeness (QED) is 0.570. The SMILES string of the molecule is Cc1cc(CO)c2cccc(NC(=O)C(=O)c3ccco3)c2n1. The van der Waals surface area contributed by atoms with Crippen LogP contribution in [0.25, 0.3) is 10.9 Å². The molecule has 0 radical (unpaired) electrons. The zero-order valence-corrected chi connectivity index (χ0v) is 12.4. The topological polar surface area (TPSA) is 92.4 Å². The van der Waals surface area contributed by atoms with Gasteiger partial charge in [0, 0.05) is 11.1 Å². The van der Waals surface area contributed by atoms with Crippen molar-refractivity contribution in [2.24, 2.45) is 0 Å². The van der Waals surface area contributed by atoms with Gasteiger partial charge in [-0.15, -0.1) is 0 Å². The van der Waals surface area contributed by atoms with Gasteiger partial charge >= 0.3 is 0 Å². The van der Waals surface area contributed by atoms with E-state index in [9.17, 15) is 14.7 Å². The van der Waals surface area contributed by atoms with Gasteiger partial charge in [-0.3, -0.25) is 14.6 Å². The summed E-state index contributed by atoms with van der Waals surface area (Å²) < 4.78 is 4.94. The number of ketones is 1. The summed E-state index contributed by atoms with van der Waals surface area (Å²) >= 11 is 0. The van der Waals surface area contributed by atoms with E-state index in [2.05, 4.69) is 10.3 Å². The highest BCUT2D eigenvalue weighted by atomic mass is 16.3. The first-order valence-corrected chi connectivity index (χ1v) is 6.99. The molecule has 1 amide bonds. The molecular formula is C17H14N2O4. The number of carbonyl (C=O) groups is 2. The molecule has 0 bridgehead atoms. The molecule has 116 valence electrons. The Morgan fingerprint density at radius 1 is 1.26 bits per heavy atom. The minimum Gasteiger partial charge on any atom is -0.461 e. The summed E-state index contributed by atoms with van der Waals surface area (Å²) in [4.78, 5) is 28.5. The number of aryl methyl sites for hydroxylation is 1. The molecule has 0 unspecified atom stereocenters. The van der Waals surface area contributed by atoms with E-state index in [0.717, 1.165) is 5.39 Å². The van der Waals surface area contributed by atoms with Crippen LogP contribution in [0.4, 0.5) is 5.69 Å². The summed E-state index contributed by atoms with van der Waals surface area (Å²) in [5.41, 5.74) is 2.35. The number of nitrogens with zero attached hydrogens (tertiary/aromatic N) is 1. The van der Waals surface area contributed by atoms with E-state index in [1.165, 1.54) is 18.4 Å². The number of furan rings is 1. The fourth-order valence-corrected chi connectivity index (χ4v) is 2.39. The lowest BCUT2D eigenvalue weighted by Gasteiger charge is -2.10. The van der Waals surface area contributed by atoms with E-state index in [1.54, 1.807) is 31.2 Å². The maximum Gasteiger partial charge on any atom is 0.300 e. The summed E-state index contributed by atoms with van der Waals surface area (Å²) in [5.74, 6) is -1.59. The number of amides is 1. The van der Waals surface area contributed by atoms with Crippen molar-refractivity contribution in [3.8, 4) is 0 Å². The molecule has 0 spiro atoms. The monoisotopic (exact) mass is 310 g/mol. The molecular weight excluding hydrogens is 296 g/mol. The fraction of sp³-hybridized carbons (Fsp3) is 0.118. The highest BCUT2D eigenvalue weighted by Crippen LogP contribution is 2.25. The average Bonchev–Trinajstić information content (AvgIpc) is 3.08. The Hall–Kier alpha value is -2.99. The molecule has 2 aromatic heterocycles. The first-order chi connectivity index (χ1) is 11.1. The van der Waals surface area contributed by atoms with Crippen LogP contribution in [-0.4, -0.2) is 21.8 Å². The lowest BCUT2D eigenvalue weighted by molar-refractivity contribution is -0.112. The molecule has 0 saturated carbocycles. The second-order valence-electron chi connectivity index (χ2n) is 5.04. The molecule has 23 heavy (non-hydrogen) atoms. The maximum atomic E-state index is 12.1. The van der Waals surface area contributed by atoms with Crippen LogP contribution >= 0.6 is 0 Å². The number of aromatic nitrogens is 1. The Balaban J connectivity index is 1.99. The van der Waals surface area contributed by atoms with Crippen LogP contribution in [-0.2, 0) is 11.4 Å². The van der Waals surface area contributed by atoms with Gasteiger partial charge in [-0.25, -0.2) is 0 Å². The van der Waals surface area contributed by atoms with Crippen LogP contribution < -0.4 is 5.32 Å². The molecule has 0 atom stereocenters. The van der Waals surface area contributed by atoms with Crippen LogP contribution in [0.1, 0.15) is 21.8 Å². The van der Waals surface area contributed by atoms with Crippen molar-refractivity contribution >= 4 is 28.3 Å². The molecule has 6 nitrogen and oxygen atoms in total. The van der Waals surface area contributed by atoms with Crippen LogP contribution in [0.15, 0.2) is 47.1 Å². The van der Waals surface area contributed by atoms with Gasteiger partial charge in [0.05, 0.1) is 24.1 Å². The summed E-state index contributed by atoms with van der Waals surface area (Å²) in [6.45, 7) is 1.66. The molecule has 0 aliphatic carbocycles. The zero-order chi connectivity index (χ0) is 16.4. The van der Waals surface area contributed by atoms with Gasteiger partial charge in [-0.2, -0.15) is 0 Å².